The molecule has 8 rings (SSSR count). The van der Waals surface area contributed by atoms with Crippen LogP contribution in [0.5, 0.6) is 0 Å². The second-order valence-electron chi connectivity index (χ2n) is 17.3. The molecule has 16 nitrogen and oxygen atoms in total. The van der Waals surface area contributed by atoms with E-state index in [-0.39, 0.29) is 38.0 Å². The maximum Gasteiger partial charge on any atom is 0.410 e. The minimum absolute atomic E-state index is 0. The number of hydrogen-bond acceptors (Lipinski definition) is 14. The third-order valence-electron chi connectivity index (χ3n) is 9.99. The third kappa shape index (κ3) is 16.8. The quantitative estimate of drug-likeness (QED) is 0.144. The molecule has 0 saturated heterocycles. The monoisotopic (exact) mass is 1060 g/mol. The number of ether oxygens (including phenoxy) is 4. The Kier molecular flexibility index (Phi) is 21.4. The Bertz CT molecular complexity index is 2310. The molecule has 0 radical (unpaired) electrons. The SMILES string of the molecule is Brc1cnc2c(c1)CNCC2.C.CC(C)(C)OC(=O)N1CCc2ncc(Br)cc2C1.COC(=O)c1cnc2c(c1)CN(C(=O)OC(C)(C)C)CC2.COC(=O)c1cnc2c(c1)CNCC2.Cl. The topological polar surface area (TPSA) is 187 Å². The lowest BCUT2D eigenvalue weighted by molar-refractivity contribution is 0.0212. The number of pyridine rings is 4. The summed E-state index contributed by atoms with van der Waals surface area (Å²) >= 11 is 6.80. The molecule has 8 heterocycles. The molecular formula is C47H63Br2ClN8O8. The lowest BCUT2D eigenvalue weighted by Gasteiger charge is -2.30. The van der Waals surface area contributed by atoms with Crippen molar-refractivity contribution in [2.75, 3.05) is 40.4 Å². The van der Waals surface area contributed by atoms with Crippen molar-refractivity contribution in [3.8, 4) is 0 Å². The van der Waals surface area contributed by atoms with Gasteiger partial charge in [-0.25, -0.2) is 19.2 Å². The number of amides is 2. The molecule has 4 aromatic heterocycles. The van der Waals surface area contributed by atoms with Crippen LogP contribution in [-0.2, 0) is 70.8 Å². The highest BCUT2D eigenvalue weighted by Gasteiger charge is 2.28. The molecule has 0 fully saturated rings. The smallest absolute Gasteiger partial charge is 0.410 e. The van der Waals surface area contributed by atoms with Crippen molar-refractivity contribution >= 4 is 68.4 Å². The van der Waals surface area contributed by atoms with Crippen LogP contribution in [-0.4, -0.2) is 105 Å². The molecule has 0 spiro atoms. The predicted octanol–water partition coefficient (Wildman–Crippen LogP) is 8.36. The summed E-state index contributed by atoms with van der Waals surface area (Å²) in [5.74, 6) is -0.759. The fourth-order valence-corrected chi connectivity index (χ4v) is 7.67. The minimum atomic E-state index is -0.524. The largest absolute Gasteiger partial charge is 0.465 e. The molecule has 66 heavy (non-hydrogen) atoms. The van der Waals surface area contributed by atoms with E-state index in [1.807, 2.05) is 59.9 Å². The maximum atomic E-state index is 12.1. The summed E-state index contributed by atoms with van der Waals surface area (Å²) in [6.07, 6.45) is 9.55. The molecule has 0 aliphatic carbocycles. The lowest BCUT2D eigenvalue weighted by atomic mass is 10.0. The van der Waals surface area contributed by atoms with Gasteiger partial charge in [-0.05, 0) is 120 Å². The number of halogens is 3. The lowest BCUT2D eigenvalue weighted by Crippen LogP contribution is -2.40. The van der Waals surface area contributed by atoms with E-state index in [9.17, 15) is 19.2 Å². The van der Waals surface area contributed by atoms with Crippen LogP contribution in [0, 0.1) is 0 Å². The number of carbonyl (C=O) groups is 4. The molecule has 4 aromatic rings. The zero-order valence-corrected chi connectivity index (χ0v) is 42.2. The Morgan fingerprint density at radius 2 is 0.909 bits per heavy atom. The first kappa shape index (κ1) is 55.6. The Morgan fingerprint density at radius 3 is 1.32 bits per heavy atom. The Hall–Kier alpha value is -4.75. The molecule has 360 valence electrons. The van der Waals surface area contributed by atoms with Crippen molar-refractivity contribution in [2.45, 2.75) is 112 Å². The molecule has 4 aliphatic heterocycles. The van der Waals surface area contributed by atoms with E-state index in [1.165, 1.54) is 31.7 Å². The highest BCUT2D eigenvalue weighted by atomic mass is 79.9. The summed E-state index contributed by atoms with van der Waals surface area (Å²) in [6, 6.07) is 7.72. The number of aromatic nitrogens is 4. The zero-order valence-electron chi connectivity index (χ0n) is 38.2. The van der Waals surface area contributed by atoms with Crippen molar-refractivity contribution in [1.29, 1.82) is 0 Å². The van der Waals surface area contributed by atoms with Gasteiger partial charge in [-0.2, -0.15) is 0 Å². The van der Waals surface area contributed by atoms with Crippen LogP contribution in [0.1, 0.15) is 115 Å². The number of rotatable bonds is 2. The number of nitrogens with zero attached hydrogens (tertiary/aromatic N) is 6. The van der Waals surface area contributed by atoms with Gasteiger partial charge in [0, 0.05) is 121 Å². The zero-order chi connectivity index (χ0) is 46.6. The molecular weight excluding hydrogens is 1000 g/mol. The van der Waals surface area contributed by atoms with E-state index < -0.39 is 17.2 Å². The van der Waals surface area contributed by atoms with E-state index in [0.717, 1.165) is 88.2 Å². The van der Waals surface area contributed by atoms with Crippen LogP contribution >= 0.6 is 44.3 Å². The van der Waals surface area contributed by atoms with Crippen LogP contribution in [0.25, 0.3) is 0 Å². The van der Waals surface area contributed by atoms with Crippen LogP contribution in [0.3, 0.4) is 0 Å². The van der Waals surface area contributed by atoms with E-state index in [2.05, 4.69) is 78.0 Å². The molecule has 0 aromatic carbocycles. The molecule has 19 heteroatoms. The number of methoxy groups -OCH3 is 2. The second-order valence-corrected chi connectivity index (χ2v) is 19.2. The van der Waals surface area contributed by atoms with Crippen molar-refractivity contribution < 1.29 is 38.1 Å². The number of carbonyl (C=O) groups excluding carboxylic acids is 4. The van der Waals surface area contributed by atoms with Gasteiger partial charge in [0.2, 0.25) is 0 Å². The first-order valence-corrected chi connectivity index (χ1v) is 22.7. The number of fused-ring (bicyclic) bond motifs is 4. The second kappa shape index (κ2) is 25.4. The number of nitrogens with one attached hydrogen (secondary N) is 2. The summed E-state index contributed by atoms with van der Waals surface area (Å²) in [7, 11) is 2.70. The summed E-state index contributed by atoms with van der Waals surface area (Å²) in [6.45, 7) is 17.1. The fourth-order valence-electron chi connectivity index (χ4n) is 6.91. The van der Waals surface area contributed by atoms with E-state index in [0.29, 0.717) is 43.7 Å². The van der Waals surface area contributed by atoms with Gasteiger partial charge in [0.1, 0.15) is 11.2 Å². The minimum Gasteiger partial charge on any atom is -0.465 e. The van der Waals surface area contributed by atoms with Crippen molar-refractivity contribution in [2.24, 2.45) is 0 Å². The fraction of sp³-hybridized carbons (Fsp3) is 0.489. The highest BCUT2D eigenvalue weighted by Crippen LogP contribution is 2.24. The van der Waals surface area contributed by atoms with Crippen LogP contribution < -0.4 is 10.6 Å². The Morgan fingerprint density at radius 1 is 0.561 bits per heavy atom. The molecule has 0 atom stereocenters. The molecule has 2 N–H and O–H groups in total. The van der Waals surface area contributed by atoms with Gasteiger partial charge in [-0.15, -0.1) is 12.4 Å². The normalized spacial score (nSPS) is 14.5. The number of esters is 2. The summed E-state index contributed by atoms with van der Waals surface area (Å²) < 4.78 is 22.1. The molecule has 4 aliphatic rings. The van der Waals surface area contributed by atoms with E-state index in [1.54, 1.807) is 28.3 Å². The van der Waals surface area contributed by atoms with Crippen molar-refractivity contribution in [1.82, 2.24) is 40.4 Å². The van der Waals surface area contributed by atoms with Gasteiger partial charge >= 0.3 is 24.1 Å². The standard InChI is InChI=1S/C15H20N2O4.C13H17BrN2O2.C10H12N2O2.C8H9BrN2.CH4.ClH/c1-15(2,3)21-14(19)17-6-5-12-11(9-17)7-10(8-16-12)13(18)20-4;1-13(2,3)18-12(17)16-5-4-11-9(8-16)6-10(14)7-15-11;1-14-10(13)8-4-7-5-11-3-2-9(7)12-6-8;9-7-3-6-4-10-2-1-8(6)11-5-7;;/h7-8H,5-6,9H2,1-4H3;6-7H,4-5,8H2,1-3H3;4,6,11H,2-3,5H2,1H3;3,5,10H,1-2,4H2;1H4;1H. The van der Waals surface area contributed by atoms with E-state index >= 15 is 0 Å². The number of hydrogen-bond donors (Lipinski definition) is 2. The van der Waals surface area contributed by atoms with Gasteiger partial charge < -0.3 is 39.4 Å². The van der Waals surface area contributed by atoms with Gasteiger partial charge in [0.25, 0.3) is 0 Å². The highest BCUT2D eigenvalue weighted by molar-refractivity contribution is 9.10. The Labute approximate surface area is 411 Å². The first-order chi connectivity index (χ1) is 30.3. The van der Waals surface area contributed by atoms with Gasteiger partial charge in [0.15, 0.2) is 0 Å². The van der Waals surface area contributed by atoms with Crippen LogP contribution in [0.15, 0.2) is 58.0 Å². The average Bonchev–Trinajstić information content (AvgIpc) is 3.27. The summed E-state index contributed by atoms with van der Waals surface area (Å²) in [5.41, 5.74) is 8.60. The van der Waals surface area contributed by atoms with E-state index in [4.69, 9.17) is 9.47 Å². The van der Waals surface area contributed by atoms with Gasteiger partial charge in [-0.1, -0.05) is 7.43 Å². The summed E-state index contributed by atoms with van der Waals surface area (Å²) in [5, 5.41) is 6.54. The van der Waals surface area contributed by atoms with Gasteiger partial charge in [-0.3, -0.25) is 19.9 Å². The van der Waals surface area contributed by atoms with Crippen molar-refractivity contribution in [3.63, 3.8) is 0 Å². The van der Waals surface area contributed by atoms with Crippen LogP contribution in [0.2, 0.25) is 0 Å². The Balaban J connectivity index is 0.000000237. The molecule has 0 bridgehead atoms. The molecule has 0 saturated carbocycles. The first-order valence-electron chi connectivity index (χ1n) is 21.1. The maximum absolute atomic E-state index is 12.1. The average molecular weight is 1060 g/mol. The third-order valence-corrected chi connectivity index (χ3v) is 10.9. The van der Waals surface area contributed by atoms with Crippen molar-refractivity contribution in [3.05, 3.63) is 114 Å². The van der Waals surface area contributed by atoms with Gasteiger partial charge in [0.05, 0.1) is 38.4 Å². The predicted molar refractivity (Wildman–Crippen MR) is 261 cm³/mol. The molecule has 2 amide bonds. The molecule has 0 unspecified atom stereocenters. The summed E-state index contributed by atoms with van der Waals surface area (Å²) in [4.78, 5) is 67.4. The van der Waals surface area contributed by atoms with Crippen LogP contribution in [0.4, 0.5) is 9.59 Å².